The van der Waals surface area contributed by atoms with Gasteiger partial charge in [-0.2, -0.15) is 0 Å². The first kappa shape index (κ1) is 21.4. The average molecular weight is 459 g/mol. The molecule has 0 saturated carbocycles. The molecule has 2 aromatic carbocycles. The fourth-order valence-electron chi connectivity index (χ4n) is 3.31. The molecule has 0 atom stereocenters. The lowest BCUT2D eigenvalue weighted by Crippen LogP contribution is -2.45. The number of amides is 2. The van der Waals surface area contributed by atoms with Crippen molar-refractivity contribution >= 4 is 33.4 Å². The Bertz CT molecular complexity index is 849. The monoisotopic (exact) mass is 458 g/mol. The zero-order valence-electron chi connectivity index (χ0n) is 17.1. The van der Waals surface area contributed by atoms with Crippen molar-refractivity contribution in [3.63, 3.8) is 0 Å². The molecule has 5 nitrogen and oxygen atoms in total. The van der Waals surface area contributed by atoms with E-state index in [9.17, 15) is 9.59 Å². The number of halogens is 1. The third-order valence-electron chi connectivity index (χ3n) is 4.97. The highest BCUT2D eigenvalue weighted by Crippen LogP contribution is 2.26. The van der Waals surface area contributed by atoms with Crippen LogP contribution in [0.2, 0.25) is 0 Å². The van der Waals surface area contributed by atoms with Crippen LogP contribution in [0.25, 0.3) is 0 Å². The van der Waals surface area contributed by atoms with Gasteiger partial charge in [0.15, 0.2) is 0 Å². The molecule has 6 heteroatoms. The van der Waals surface area contributed by atoms with E-state index in [-0.39, 0.29) is 23.1 Å². The highest BCUT2D eigenvalue weighted by molar-refractivity contribution is 9.10. The molecule has 1 aliphatic heterocycles. The van der Waals surface area contributed by atoms with Gasteiger partial charge in [0.05, 0.1) is 0 Å². The Balaban J connectivity index is 1.51. The summed E-state index contributed by atoms with van der Waals surface area (Å²) in [6.45, 7) is 7.05. The Morgan fingerprint density at radius 2 is 1.48 bits per heavy atom. The minimum absolute atomic E-state index is 0.00874. The van der Waals surface area contributed by atoms with Crippen molar-refractivity contribution in [3.8, 4) is 11.5 Å². The number of hydrogen-bond donors (Lipinski definition) is 1. The van der Waals surface area contributed by atoms with Crippen LogP contribution in [-0.2, 0) is 9.59 Å². The van der Waals surface area contributed by atoms with Gasteiger partial charge in [0.2, 0.25) is 11.8 Å². The van der Waals surface area contributed by atoms with E-state index in [1.54, 1.807) is 0 Å². The Morgan fingerprint density at radius 1 is 0.966 bits per heavy atom. The maximum Gasteiger partial charge on any atom is 0.227 e. The lowest BCUT2D eigenvalue weighted by Gasteiger charge is -2.35. The summed E-state index contributed by atoms with van der Waals surface area (Å²) < 4.78 is 6.80. The van der Waals surface area contributed by atoms with Gasteiger partial charge in [-0.3, -0.25) is 9.59 Å². The molecule has 2 aromatic rings. The van der Waals surface area contributed by atoms with E-state index >= 15 is 0 Å². The Hall–Kier alpha value is -2.34. The molecule has 0 bridgehead atoms. The number of likely N-dealkylation sites (tertiary alicyclic amines) is 1. The highest BCUT2D eigenvalue weighted by atomic mass is 79.9. The van der Waals surface area contributed by atoms with Crippen LogP contribution in [0.15, 0.2) is 53.0 Å². The molecule has 1 saturated heterocycles. The van der Waals surface area contributed by atoms with Crippen molar-refractivity contribution in [2.75, 3.05) is 18.4 Å². The molecule has 1 aliphatic rings. The number of rotatable bonds is 4. The first-order valence-electron chi connectivity index (χ1n) is 9.86. The normalized spacial score (nSPS) is 15.1. The van der Waals surface area contributed by atoms with Crippen LogP contribution in [0.5, 0.6) is 11.5 Å². The lowest BCUT2D eigenvalue weighted by atomic mass is 9.90. The van der Waals surface area contributed by atoms with Gasteiger partial charge in [0.25, 0.3) is 0 Å². The third-order valence-corrected chi connectivity index (χ3v) is 5.49. The predicted molar refractivity (Wildman–Crippen MR) is 118 cm³/mol. The first-order valence-corrected chi connectivity index (χ1v) is 10.7. The van der Waals surface area contributed by atoms with Crippen molar-refractivity contribution in [1.82, 2.24) is 4.90 Å². The molecule has 1 heterocycles. The summed E-state index contributed by atoms with van der Waals surface area (Å²) in [6, 6.07) is 15.0. The van der Waals surface area contributed by atoms with E-state index in [4.69, 9.17) is 4.74 Å². The number of piperidine rings is 1. The largest absolute Gasteiger partial charge is 0.457 e. The first-order chi connectivity index (χ1) is 13.7. The molecule has 29 heavy (non-hydrogen) atoms. The quantitative estimate of drug-likeness (QED) is 0.660. The van der Waals surface area contributed by atoms with E-state index in [2.05, 4.69) is 21.2 Å². The molecule has 3 rings (SSSR count). The van der Waals surface area contributed by atoms with Gasteiger partial charge >= 0.3 is 0 Å². The molecule has 1 fully saturated rings. The van der Waals surface area contributed by atoms with Crippen molar-refractivity contribution in [2.45, 2.75) is 33.6 Å². The van der Waals surface area contributed by atoms with Crippen LogP contribution >= 0.6 is 15.9 Å². The van der Waals surface area contributed by atoms with Gasteiger partial charge in [-0.05, 0) is 61.4 Å². The van der Waals surface area contributed by atoms with Gasteiger partial charge in [-0.15, -0.1) is 0 Å². The zero-order chi connectivity index (χ0) is 21.0. The molecule has 0 unspecified atom stereocenters. The highest BCUT2D eigenvalue weighted by Gasteiger charge is 2.32. The molecular formula is C23H27BrN2O3. The average Bonchev–Trinajstić information content (AvgIpc) is 2.70. The third kappa shape index (κ3) is 5.82. The molecule has 0 aromatic heterocycles. The number of ether oxygens (including phenoxy) is 1. The van der Waals surface area contributed by atoms with Gasteiger partial charge in [-0.25, -0.2) is 0 Å². The van der Waals surface area contributed by atoms with Gasteiger partial charge < -0.3 is 15.0 Å². The summed E-state index contributed by atoms with van der Waals surface area (Å²) in [5, 5.41) is 2.98. The van der Waals surface area contributed by atoms with Crippen LogP contribution < -0.4 is 10.1 Å². The summed E-state index contributed by atoms with van der Waals surface area (Å²) in [6.07, 6.45) is 1.39. The van der Waals surface area contributed by atoms with Crippen molar-refractivity contribution in [3.05, 3.63) is 53.0 Å². The number of benzene rings is 2. The summed E-state index contributed by atoms with van der Waals surface area (Å²) in [5.74, 6) is 1.55. The Kier molecular flexibility index (Phi) is 6.63. The summed E-state index contributed by atoms with van der Waals surface area (Å²) in [5.41, 5.74) is 0.362. The smallest absolute Gasteiger partial charge is 0.227 e. The summed E-state index contributed by atoms with van der Waals surface area (Å²) >= 11 is 3.40. The number of carbonyl (C=O) groups is 2. The molecular weight excluding hydrogens is 432 g/mol. The van der Waals surface area contributed by atoms with E-state index < -0.39 is 0 Å². The van der Waals surface area contributed by atoms with E-state index in [0.29, 0.717) is 31.7 Å². The number of carbonyl (C=O) groups excluding carboxylic acids is 2. The van der Waals surface area contributed by atoms with Crippen LogP contribution in [0.1, 0.15) is 33.6 Å². The zero-order valence-corrected chi connectivity index (χ0v) is 18.7. The standard InChI is InChI=1S/C23H27BrN2O3/c1-23(2,3)22(28)26-14-12-16(13-15-26)21(27)25-18-6-10-20(11-7-18)29-19-8-4-17(24)5-9-19/h4-11,16H,12-15H2,1-3H3,(H,25,27). The fourth-order valence-corrected chi connectivity index (χ4v) is 3.57. The van der Waals surface area contributed by atoms with E-state index in [1.807, 2.05) is 74.2 Å². The molecule has 0 aliphatic carbocycles. The number of anilines is 1. The minimum atomic E-state index is -0.380. The maximum absolute atomic E-state index is 12.6. The molecule has 2 amide bonds. The summed E-state index contributed by atoms with van der Waals surface area (Å²) in [4.78, 5) is 26.8. The predicted octanol–water partition coefficient (Wildman–Crippen LogP) is 5.46. The molecule has 0 spiro atoms. The fraction of sp³-hybridized carbons (Fsp3) is 0.391. The second kappa shape index (κ2) is 8.99. The molecule has 154 valence electrons. The van der Waals surface area contributed by atoms with E-state index in [0.717, 1.165) is 15.9 Å². The lowest BCUT2D eigenvalue weighted by molar-refractivity contribution is -0.142. The van der Waals surface area contributed by atoms with Crippen LogP contribution in [0.4, 0.5) is 5.69 Å². The van der Waals surface area contributed by atoms with Crippen molar-refractivity contribution < 1.29 is 14.3 Å². The second-order valence-corrected chi connectivity index (χ2v) is 9.30. The van der Waals surface area contributed by atoms with Gasteiger partial charge in [0.1, 0.15) is 11.5 Å². The molecule has 0 radical (unpaired) electrons. The van der Waals surface area contributed by atoms with E-state index in [1.165, 1.54) is 0 Å². The topological polar surface area (TPSA) is 58.6 Å². The molecule has 1 N–H and O–H groups in total. The van der Waals surface area contributed by atoms with Crippen LogP contribution in [0.3, 0.4) is 0 Å². The van der Waals surface area contributed by atoms with Crippen LogP contribution in [0, 0.1) is 11.3 Å². The second-order valence-electron chi connectivity index (χ2n) is 8.39. The summed E-state index contributed by atoms with van der Waals surface area (Å²) in [7, 11) is 0. The van der Waals surface area contributed by atoms with Crippen molar-refractivity contribution in [1.29, 1.82) is 0 Å². The SMILES string of the molecule is CC(C)(C)C(=O)N1CCC(C(=O)Nc2ccc(Oc3ccc(Br)cc3)cc2)CC1. The number of hydrogen-bond acceptors (Lipinski definition) is 3. The maximum atomic E-state index is 12.6. The van der Waals surface area contributed by atoms with Crippen LogP contribution in [-0.4, -0.2) is 29.8 Å². The minimum Gasteiger partial charge on any atom is -0.457 e. The van der Waals surface area contributed by atoms with Gasteiger partial charge in [0, 0.05) is 34.6 Å². The van der Waals surface area contributed by atoms with Gasteiger partial charge in [-0.1, -0.05) is 36.7 Å². The number of nitrogens with one attached hydrogen (secondary N) is 1. The Morgan fingerprint density at radius 3 is 2.00 bits per heavy atom. The number of nitrogens with zero attached hydrogens (tertiary/aromatic N) is 1. The van der Waals surface area contributed by atoms with Crippen molar-refractivity contribution in [2.24, 2.45) is 11.3 Å². The Labute approximate surface area is 180 Å².